The normalized spacial score (nSPS) is 20.6. The van der Waals surface area contributed by atoms with Crippen LogP contribution in [0.2, 0.25) is 0 Å². The number of guanidine groups is 1. The predicted octanol–water partition coefficient (Wildman–Crippen LogP) is 3.47. The highest BCUT2D eigenvalue weighted by Crippen LogP contribution is 2.27. The molecule has 0 saturated carbocycles. The Morgan fingerprint density at radius 2 is 2.04 bits per heavy atom. The van der Waals surface area contributed by atoms with E-state index in [9.17, 15) is 0 Å². The molecule has 0 amide bonds. The third-order valence-corrected chi connectivity index (χ3v) is 5.39. The second-order valence-electron chi connectivity index (χ2n) is 7.87. The van der Waals surface area contributed by atoms with Crippen molar-refractivity contribution in [1.29, 1.82) is 0 Å². The summed E-state index contributed by atoms with van der Waals surface area (Å²) in [6, 6.07) is 9.02. The maximum Gasteiger partial charge on any atom is 0.193 e. The van der Waals surface area contributed by atoms with Crippen molar-refractivity contribution in [3.05, 3.63) is 54.1 Å². The van der Waals surface area contributed by atoms with Crippen molar-refractivity contribution in [2.75, 3.05) is 20.1 Å². The highest BCUT2D eigenvalue weighted by molar-refractivity contribution is 5.80. The minimum absolute atomic E-state index is 0.253. The van der Waals surface area contributed by atoms with Crippen molar-refractivity contribution in [2.45, 2.75) is 52.5 Å². The third kappa shape index (κ3) is 5.35. The van der Waals surface area contributed by atoms with Gasteiger partial charge in [0.15, 0.2) is 5.96 Å². The number of piperidine rings is 1. The maximum absolute atomic E-state index is 5.66. The molecule has 6 nitrogen and oxygen atoms in total. The fraction of sp³-hybridized carbons (Fsp3) is 0.545. The standard InChI is InChI=1S/C22H33N5O/c1-17(2)28-15-20-7-5-19(6-8-20)13-25-22(23-4)26-11-9-18(3)21(14-26)27-12-10-24-16-27/h5-8,10,12,16-18,21H,9,11,13-15H2,1-4H3,(H,23,25). The zero-order valence-electron chi connectivity index (χ0n) is 17.5. The van der Waals surface area contributed by atoms with Crippen LogP contribution in [0.25, 0.3) is 0 Å². The average molecular weight is 384 g/mol. The molecule has 2 aromatic rings. The van der Waals surface area contributed by atoms with Gasteiger partial charge in [-0.2, -0.15) is 0 Å². The van der Waals surface area contributed by atoms with Crippen LogP contribution in [0.3, 0.4) is 0 Å². The summed E-state index contributed by atoms with van der Waals surface area (Å²) in [5, 5.41) is 3.53. The van der Waals surface area contributed by atoms with E-state index in [0.717, 1.165) is 32.0 Å². The van der Waals surface area contributed by atoms with Crippen molar-refractivity contribution < 1.29 is 4.74 Å². The molecule has 0 bridgehead atoms. The van der Waals surface area contributed by atoms with Crippen LogP contribution in [-0.4, -0.2) is 46.7 Å². The van der Waals surface area contributed by atoms with Crippen LogP contribution in [0.15, 0.2) is 48.0 Å². The number of benzene rings is 1. The molecule has 1 saturated heterocycles. The van der Waals surface area contributed by atoms with E-state index in [1.165, 1.54) is 11.1 Å². The molecule has 2 unspecified atom stereocenters. The van der Waals surface area contributed by atoms with Crippen molar-refractivity contribution in [3.8, 4) is 0 Å². The van der Waals surface area contributed by atoms with E-state index in [1.54, 1.807) is 0 Å². The Kier molecular flexibility index (Phi) is 7.09. The van der Waals surface area contributed by atoms with Crippen LogP contribution in [0.4, 0.5) is 0 Å². The molecule has 2 atom stereocenters. The van der Waals surface area contributed by atoms with Crippen LogP contribution in [0.5, 0.6) is 0 Å². The van der Waals surface area contributed by atoms with Gasteiger partial charge >= 0.3 is 0 Å². The zero-order chi connectivity index (χ0) is 19.9. The van der Waals surface area contributed by atoms with E-state index >= 15 is 0 Å². The molecule has 3 rings (SSSR count). The fourth-order valence-electron chi connectivity index (χ4n) is 3.62. The van der Waals surface area contributed by atoms with Gasteiger partial charge in [-0.15, -0.1) is 0 Å². The summed E-state index contributed by atoms with van der Waals surface area (Å²) in [4.78, 5) is 11.1. The van der Waals surface area contributed by atoms with Gasteiger partial charge in [-0.3, -0.25) is 4.99 Å². The molecule has 1 N–H and O–H groups in total. The van der Waals surface area contributed by atoms with Crippen LogP contribution < -0.4 is 5.32 Å². The van der Waals surface area contributed by atoms with Crippen LogP contribution in [0, 0.1) is 5.92 Å². The molecule has 0 spiro atoms. The number of likely N-dealkylation sites (tertiary alicyclic amines) is 1. The van der Waals surface area contributed by atoms with E-state index in [4.69, 9.17) is 4.74 Å². The molecule has 6 heteroatoms. The van der Waals surface area contributed by atoms with E-state index < -0.39 is 0 Å². The number of ether oxygens (including phenoxy) is 1. The molecule has 0 radical (unpaired) electrons. The number of imidazole rings is 1. The van der Waals surface area contributed by atoms with Gasteiger partial charge < -0.3 is 19.5 Å². The Balaban J connectivity index is 1.55. The lowest BCUT2D eigenvalue weighted by Crippen LogP contribution is -2.48. The minimum atomic E-state index is 0.253. The first-order valence-electron chi connectivity index (χ1n) is 10.2. The second kappa shape index (κ2) is 9.73. The van der Waals surface area contributed by atoms with Gasteiger partial charge in [0.05, 0.1) is 25.1 Å². The monoisotopic (exact) mass is 383 g/mol. The summed E-state index contributed by atoms with van der Waals surface area (Å²) in [7, 11) is 1.86. The van der Waals surface area contributed by atoms with Crippen LogP contribution in [0.1, 0.15) is 44.4 Å². The lowest BCUT2D eigenvalue weighted by molar-refractivity contribution is 0.0657. The molecular weight excluding hydrogens is 350 g/mol. The van der Waals surface area contributed by atoms with E-state index in [0.29, 0.717) is 18.6 Å². The Morgan fingerprint density at radius 3 is 2.68 bits per heavy atom. The highest BCUT2D eigenvalue weighted by Gasteiger charge is 2.28. The van der Waals surface area contributed by atoms with Crippen LogP contribution in [-0.2, 0) is 17.9 Å². The Labute approximate surface area is 168 Å². The highest BCUT2D eigenvalue weighted by atomic mass is 16.5. The summed E-state index contributed by atoms with van der Waals surface area (Å²) >= 11 is 0. The summed E-state index contributed by atoms with van der Waals surface area (Å²) in [6.07, 6.45) is 7.24. The van der Waals surface area contributed by atoms with Crippen molar-refractivity contribution >= 4 is 5.96 Å². The SMILES string of the molecule is CN=C(NCc1ccc(COC(C)C)cc1)N1CCC(C)C(n2ccnc2)C1. The summed E-state index contributed by atoms with van der Waals surface area (Å²) in [5.74, 6) is 1.59. The lowest BCUT2D eigenvalue weighted by Gasteiger charge is -2.39. The molecule has 1 aromatic carbocycles. The van der Waals surface area contributed by atoms with Crippen LogP contribution >= 0.6 is 0 Å². The first kappa shape index (κ1) is 20.4. The average Bonchev–Trinajstić information content (AvgIpc) is 3.23. The largest absolute Gasteiger partial charge is 0.374 e. The number of hydrogen-bond acceptors (Lipinski definition) is 3. The van der Waals surface area contributed by atoms with Gasteiger partial charge in [-0.05, 0) is 37.3 Å². The number of rotatable bonds is 6. The van der Waals surface area contributed by atoms with Gasteiger partial charge in [-0.25, -0.2) is 4.98 Å². The molecule has 1 aromatic heterocycles. The molecule has 1 fully saturated rings. The van der Waals surface area contributed by atoms with E-state index in [1.807, 2.05) is 19.6 Å². The Hall–Kier alpha value is -2.34. The topological polar surface area (TPSA) is 54.7 Å². The number of hydrogen-bond donors (Lipinski definition) is 1. The molecule has 152 valence electrons. The first-order valence-corrected chi connectivity index (χ1v) is 10.2. The van der Waals surface area contributed by atoms with E-state index in [-0.39, 0.29) is 6.10 Å². The van der Waals surface area contributed by atoms with Gasteiger partial charge in [0, 0.05) is 39.1 Å². The summed E-state index contributed by atoms with van der Waals surface area (Å²) in [6.45, 7) is 9.84. The molecule has 28 heavy (non-hydrogen) atoms. The summed E-state index contributed by atoms with van der Waals surface area (Å²) < 4.78 is 7.89. The molecule has 0 aliphatic carbocycles. The third-order valence-electron chi connectivity index (χ3n) is 5.39. The first-order chi connectivity index (χ1) is 13.6. The lowest BCUT2D eigenvalue weighted by atomic mass is 9.93. The number of aromatic nitrogens is 2. The number of aliphatic imine (C=N–C) groups is 1. The second-order valence-corrected chi connectivity index (χ2v) is 7.87. The zero-order valence-corrected chi connectivity index (χ0v) is 17.5. The molecule has 2 heterocycles. The predicted molar refractivity (Wildman–Crippen MR) is 113 cm³/mol. The van der Waals surface area contributed by atoms with Gasteiger partial charge in [0.25, 0.3) is 0 Å². The van der Waals surface area contributed by atoms with Gasteiger partial charge in [0.1, 0.15) is 0 Å². The summed E-state index contributed by atoms with van der Waals surface area (Å²) in [5.41, 5.74) is 2.45. The minimum Gasteiger partial charge on any atom is -0.374 e. The van der Waals surface area contributed by atoms with Crippen molar-refractivity contribution in [3.63, 3.8) is 0 Å². The maximum atomic E-state index is 5.66. The van der Waals surface area contributed by atoms with Gasteiger partial charge in [-0.1, -0.05) is 31.2 Å². The Morgan fingerprint density at radius 1 is 1.29 bits per heavy atom. The van der Waals surface area contributed by atoms with E-state index in [2.05, 4.69) is 76.0 Å². The smallest absolute Gasteiger partial charge is 0.193 e. The van der Waals surface area contributed by atoms with Crippen molar-refractivity contribution in [1.82, 2.24) is 19.8 Å². The molecule has 1 aliphatic heterocycles. The van der Waals surface area contributed by atoms with Crippen molar-refractivity contribution in [2.24, 2.45) is 10.9 Å². The molecular formula is C22H33N5O. The number of nitrogens with one attached hydrogen (secondary N) is 1. The molecule has 1 aliphatic rings. The quantitative estimate of drug-likeness (QED) is 0.613. The fourth-order valence-corrected chi connectivity index (χ4v) is 3.62. The Bertz CT molecular complexity index is 739. The van der Waals surface area contributed by atoms with Gasteiger partial charge in [0.2, 0.25) is 0 Å². The number of nitrogens with zero attached hydrogens (tertiary/aromatic N) is 4.